The molecule has 0 saturated carbocycles. The Balaban J connectivity index is 1.40. The van der Waals surface area contributed by atoms with Gasteiger partial charge in [0.25, 0.3) is 5.69 Å². The summed E-state index contributed by atoms with van der Waals surface area (Å²) < 4.78 is 13.0. The van der Waals surface area contributed by atoms with Crippen LogP contribution in [0.1, 0.15) is 20.7 Å². The van der Waals surface area contributed by atoms with Crippen LogP contribution in [0.25, 0.3) is 0 Å². The molecular weight excluding hydrogens is 766 g/mol. The summed E-state index contributed by atoms with van der Waals surface area (Å²) in [5.41, 5.74) is 2.78. The number of non-ortho nitro benzene ring substituents is 1. The molecule has 4 rings (SSSR count). The van der Waals surface area contributed by atoms with Gasteiger partial charge >= 0.3 is 11.9 Å². The van der Waals surface area contributed by atoms with Gasteiger partial charge in [-0.3, -0.25) is 10.1 Å². The van der Waals surface area contributed by atoms with Gasteiger partial charge in [-0.25, -0.2) is 9.59 Å². The molecule has 0 aliphatic rings. The number of ether oxygens (including phenoxy) is 2. The van der Waals surface area contributed by atoms with Gasteiger partial charge in [-0.05, 0) is 130 Å². The molecule has 42 heavy (non-hydrogen) atoms. The summed E-state index contributed by atoms with van der Waals surface area (Å²) in [6, 6.07) is 27.2. The summed E-state index contributed by atoms with van der Waals surface area (Å²) in [6.45, 7) is 0.969. The smallest absolute Gasteiger partial charge is 0.338 e. The lowest BCUT2D eigenvalue weighted by Gasteiger charge is -2.24. The second kappa shape index (κ2) is 15.3. The molecule has 0 fully saturated rings. The molecule has 0 radical (unpaired) electrons. The number of nitro benzene ring substituents is 1. The van der Waals surface area contributed by atoms with Gasteiger partial charge in [-0.1, -0.05) is 0 Å². The number of carbonyl (C=O) groups is 2. The molecule has 0 bridgehead atoms. The van der Waals surface area contributed by atoms with Crippen molar-refractivity contribution in [3.8, 4) is 0 Å². The largest absolute Gasteiger partial charge is 0.460 e. The number of azo groups is 1. The van der Waals surface area contributed by atoms with Gasteiger partial charge in [0, 0.05) is 25.0 Å². The van der Waals surface area contributed by atoms with E-state index in [0.29, 0.717) is 35.6 Å². The van der Waals surface area contributed by atoms with Crippen molar-refractivity contribution in [2.45, 2.75) is 0 Å². The zero-order valence-electron chi connectivity index (χ0n) is 22.1. The summed E-state index contributed by atoms with van der Waals surface area (Å²) in [5.74, 6) is -0.836. The normalized spacial score (nSPS) is 10.8. The SMILES string of the molecule is O=C(OCCN(CCOC(=O)c1ccc(I)cc1)c1ccc(N=Nc2ccc([N+](=O)[O-])cc2)cc1)c1ccc(I)cc1. The van der Waals surface area contributed by atoms with E-state index in [0.717, 1.165) is 12.8 Å². The Morgan fingerprint density at radius 1 is 0.667 bits per heavy atom. The molecule has 12 heteroatoms. The van der Waals surface area contributed by atoms with Crippen LogP contribution >= 0.6 is 45.2 Å². The minimum atomic E-state index is -0.474. The minimum absolute atomic E-state index is 0.0214. The molecule has 0 spiro atoms. The summed E-state index contributed by atoms with van der Waals surface area (Å²) in [4.78, 5) is 37.2. The predicted molar refractivity (Wildman–Crippen MR) is 175 cm³/mol. The third-order valence-electron chi connectivity index (χ3n) is 5.90. The number of hydrogen-bond donors (Lipinski definition) is 0. The lowest BCUT2D eigenvalue weighted by molar-refractivity contribution is -0.384. The van der Waals surface area contributed by atoms with Crippen LogP contribution in [0.15, 0.2) is 107 Å². The third kappa shape index (κ3) is 9.30. The van der Waals surface area contributed by atoms with Gasteiger partial charge in [0.05, 0.1) is 40.5 Å². The number of nitro groups is 1. The van der Waals surface area contributed by atoms with Crippen LogP contribution < -0.4 is 4.90 Å². The molecule has 0 aromatic heterocycles. The number of hydrogen-bond acceptors (Lipinski definition) is 9. The third-order valence-corrected chi connectivity index (χ3v) is 7.34. The van der Waals surface area contributed by atoms with Crippen molar-refractivity contribution in [2.75, 3.05) is 31.2 Å². The lowest BCUT2D eigenvalue weighted by atomic mass is 10.2. The van der Waals surface area contributed by atoms with Crippen LogP contribution in [0, 0.1) is 17.3 Å². The van der Waals surface area contributed by atoms with Crippen molar-refractivity contribution in [2.24, 2.45) is 10.2 Å². The van der Waals surface area contributed by atoms with Crippen molar-refractivity contribution < 1.29 is 24.0 Å². The van der Waals surface area contributed by atoms with Crippen molar-refractivity contribution in [3.05, 3.63) is 125 Å². The average molecular weight is 790 g/mol. The van der Waals surface area contributed by atoms with Crippen LogP contribution in [0.3, 0.4) is 0 Å². The topological polar surface area (TPSA) is 124 Å². The predicted octanol–water partition coefficient (Wildman–Crippen LogP) is 7.74. The van der Waals surface area contributed by atoms with Gasteiger partial charge in [-0.15, -0.1) is 0 Å². The second-order valence-corrected chi connectivity index (χ2v) is 11.3. The maximum absolute atomic E-state index is 12.5. The second-order valence-electron chi connectivity index (χ2n) is 8.76. The van der Waals surface area contributed by atoms with E-state index in [1.54, 1.807) is 36.4 Å². The Hall–Kier alpha value is -3.92. The van der Waals surface area contributed by atoms with Gasteiger partial charge < -0.3 is 14.4 Å². The minimum Gasteiger partial charge on any atom is -0.460 e. The Morgan fingerprint density at radius 2 is 1.07 bits per heavy atom. The monoisotopic (exact) mass is 790 g/mol. The maximum atomic E-state index is 12.5. The Labute approximate surface area is 269 Å². The van der Waals surface area contributed by atoms with Crippen LogP contribution in [0.5, 0.6) is 0 Å². The molecule has 0 unspecified atom stereocenters. The Kier molecular flexibility index (Phi) is 11.3. The van der Waals surface area contributed by atoms with E-state index in [2.05, 4.69) is 55.4 Å². The quantitative estimate of drug-likeness (QED) is 0.0473. The standard InChI is InChI=1S/C30H24I2N4O6/c31-23-5-1-21(2-6-23)29(37)41-19-17-35(18-20-42-30(38)22-3-7-24(32)8-4-22)27-13-9-25(10-14-27)33-34-26-11-15-28(16-12-26)36(39)40/h1-16H,17-20H2. The molecule has 214 valence electrons. The van der Waals surface area contributed by atoms with Crippen LogP contribution in [0.4, 0.5) is 22.7 Å². The summed E-state index contributed by atoms with van der Waals surface area (Å²) >= 11 is 4.34. The maximum Gasteiger partial charge on any atom is 0.338 e. The fourth-order valence-corrected chi connectivity index (χ4v) is 4.41. The number of nitrogens with zero attached hydrogens (tertiary/aromatic N) is 4. The van der Waals surface area contributed by atoms with E-state index in [1.807, 2.05) is 41.3 Å². The number of benzene rings is 4. The fraction of sp³-hybridized carbons (Fsp3) is 0.133. The summed E-state index contributed by atoms with van der Waals surface area (Å²) in [5, 5.41) is 19.2. The molecule has 0 aliphatic carbocycles. The fourth-order valence-electron chi connectivity index (χ4n) is 3.69. The molecule has 0 aliphatic heterocycles. The van der Waals surface area contributed by atoms with Crippen LogP contribution in [0.2, 0.25) is 0 Å². The molecule has 4 aromatic carbocycles. The number of rotatable bonds is 12. The van der Waals surface area contributed by atoms with Crippen molar-refractivity contribution >= 4 is 79.9 Å². The first-order valence-electron chi connectivity index (χ1n) is 12.6. The van der Waals surface area contributed by atoms with Crippen LogP contribution in [-0.4, -0.2) is 43.2 Å². The molecule has 0 amide bonds. The Morgan fingerprint density at radius 3 is 1.48 bits per heavy atom. The molecular formula is C30H24I2N4O6. The lowest BCUT2D eigenvalue weighted by Crippen LogP contribution is -2.32. The average Bonchev–Trinajstić information content (AvgIpc) is 3.00. The number of carbonyl (C=O) groups excluding carboxylic acids is 2. The van der Waals surface area contributed by atoms with E-state index in [1.165, 1.54) is 24.3 Å². The number of anilines is 1. The van der Waals surface area contributed by atoms with Gasteiger partial charge in [0.2, 0.25) is 0 Å². The highest BCUT2D eigenvalue weighted by Gasteiger charge is 2.13. The van der Waals surface area contributed by atoms with E-state index in [4.69, 9.17) is 9.47 Å². The van der Waals surface area contributed by atoms with Crippen molar-refractivity contribution in [1.29, 1.82) is 0 Å². The first kappa shape index (κ1) is 31.0. The molecule has 0 heterocycles. The van der Waals surface area contributed by atoms with E-state index in [9.17, 15) is 19.7 Å². The zero-order valence-corrected chi connectivity index (χ0v) is 26.4. The van der Waals surface area contributed by atoms with E-state index < -0.39 is 16.9 Å². The first-order chi connectivity index (χ1) is 20.3. The zero-order chi connectivity index (χ0) is 29.9. The molecule has 10 nitrogen and oxygen atoms in total. The number of halogens is 2. The summed E-state index contributed by atoms with van der Waals surface area (Å²) in [6.07, 6.45) is 0. The summed E-state index contributed by atoms with van der Waals surface area (Å²) in [7, 11) is 0. The molecule has 4 aromatic rings. The van der Waals surface area contributed by atoms with E-state index >= 15 is 0 Å². The molecule has 0 saturated heterocycles. The number of esters is 2. The first-order valence-corrected chi connectivity index (χ1v) is 14.8. The van der Waals surface area contributed by atoms with Gasteiger partial charge in [-0.2, -0.15) is 10.2 Å². The van der Waals surface area contributed by atoms with Gasteiger partial charge in [0.1, 0.15) is 13.2 Å². The van der Waals surface area contributed by atoms with Crippen LogP contribution in [-0.2, 0) is 9.47 Å². The van der Waals surface area contributed by atoms with Crippen molar-refractivity contribution in [3.63, 3.8) is 0 Å². The molecule has 0 N–H and O–H groups in total. The Bertz CT molecular complexity index is 1480. The van der Waals surface area contributed by atoms with E-state index in [-0.39, 0.29) is 18.9 Å². The highest BCUT2D eigenvalue weighted by molar-refractivity contribution is 14.1. The highest BCUT2D eigenvalue weighted by Crippen LogP contribution is 2.24. The highest BCUT2D eigenvalue weighted by atomic mass is 127. The molecule has 0 atom stereocenters. The van der Waals surface area contributed by atoms with Crippen molar-refractivity contribution in [1.82, 2.24) is 0 Å². The van der Waals surface area contributed by atoms with Gasteiger partial charge in [0.15, 0.2) is 0 Å².